The van der Waals surface area contributed by atoms with E-state index < -0.39 is 5.41 Å². The van der Waals surface area contributed by atoms with Crippen LogP contribution in [0.2, 0.25) is 0 Å². The van der Waals surface area contributed by atoms with Gasteiger partial charge in [0.1, 0.15) is 12.4 Å². The van der Waals surface area contributed by atoms with Gasteiger partial charge in [-0.3, -0.25) is 9.59 Å². The average molecular weight is 379 g/mol. The van der Waals surface area contributed by atoms with Crippen molar-refractivity contribution in [2.45, 2.75) is 6.92 Å². The highest BCUT2D eigenvalue weighted by Gasteiger charge is 2.54. The number of fused-ring (bicyclic) bond motifs is 1. The summed E-state index contributed by atoms with van der Waals surface area (Å²) in [5.74, 6) is -0.418. The van der Waals surface area contributed by atoms with Gasteiger partial charge in [-0.2, -0.15) is 0 Å². The van der Waals surface area contributed by atoms with Gasteiger partial charge in [-0.25, -0.2) is 4.39 Å². The molecule has 0 spiro atoms. The summed E-state index contributed by atoms with van der Waals surface area (Å²) in [6.07, 6.45) is 0. The van der Waals surface area contributed by atoms with E-state index in [-0.39, 0.29) is 43.3 Å². The number of hydrogen-bond acceptors (Lipinski definition) is 5. The van der Waals surface area contributed by atoms with Crippen LogP contribution in [-0.2, 0) is 14.3 Å². The molecule has 2 N–H and O–H groups in total. The van der Waals surface area contributed by atoms with Gasteiger partial charge in [-0.15, -0.1) is 0 Å². The van der Waals surface area contributed by atoms with Crippen LogP contribution >= 0.6 is 0 Å². The first kappa shape index (κ1) is 19.6. The van der Waals surface area contributed by atoms with Crippen molar-refractivity contribution in [2.24, 2.45) is 11.3 Å². The number of aliphatic hydroxyl groups excluding tert-OH is 1. The van der Waals surface area contributed by atoms with Gasteiger partial charge in [0.05, 0.1) is 13.2 Å². The largest absolute Gasteiger partial charge is 0.396 e. The Balaban J connectivity index is 1.55. The van der Waals surface area contributed by atoms with Crippen LogP contribution in [0.1, 0.15) is 6.92 Å². The molecule has 0 aliphatic carbocycles. The lowest BCUT2D eigenvalue weighted by atomic mass is 9.82. The highest BCUT2D eigenvalue weighted by Crippen LogP contribution is 2.42. The van der Waals surface area contributed by atoms with Crippen molar-refractivity contribution < 1.29 is 23.8 Å². The maximum Gasteiger partial charge on any atom is 0.248 e. The summed E-state index contributed by atoms with van der Waals surface area (Å²) in [5.41, 5.74) is 0.210. The highest BCUT2D eigenvalue weighted by atomic mass is 19.1. The fraction of sp³-hybridized carbons (Fsp3) is 0.579. The minimum absolute atomic E-state index is 0.0506. The summed E-state index contributed by atoms with van der Waals surface area (Å²) in [6.45, 7) is 4.32. The van der Waals surface area contributed by atoms with Gasteiger partial charge in [-0.1, -0.05) is 0 Å². The predicted molar refractivity (Wildman–Crippen MR) is 97.6 cm³/mol. The van der Waals surface area contributed by atoms with Crippen LogP contribution in [0.4, 0.5) is 10.1 Å². The SMILES string of the molecule is CCOCC(=O)N1CC2CN(C(=O)CNc3ccc(F)cc3)CC2(CO)C1. The number of rotatable bonds is 7. The number of carbonyl (C=O) groups excluding carboxylic acids is 2. The van der Waals surface area contributed by atoms with Gasteiger partial charge in [0.25, 0.3) is 0 Å². The lowest BCUT2D eigenvalue weighted by Crippen LogP contribution is -2.42. The molecule has 1 aromatic rings. The molecular formula is C19H26FN3O4. The summed E-state index contributed by atoms with van der Waals surface area (Å²) >= 11 is 0. The van der Waals surface area contributed by atoms with E-state index in [0.29, 0.717) is 38.5 Å². The molecular weight excluding hydrogens is 353 g/mol. The molecule has 1 aromatic carbocycles. The molecule has 8 heteroatoms. The normalized spacial score (nSPS) is 24.2. The zero-order valence-corrected chi connectivity index (χ0v) is 15.5. The topological polar surface area (TPSA) is 82.1 Å². The van der Waals surface area contributed by atoms with Crippen molar-refractivity contribution in [1.29, 1.82) is 0 Å². The molecule has 0 saturated carbocycles. The molecule has 0 aromatic heterocycles. The fourth-order valence-electron chi connectivity index (χ4n) is 3.92. The van der Waals surface area contributed by atoms with Crippen LogP contribution in [0.25, 0.3) is 0 Å². The molecule has 2 saturated heterocycles. The van der Waals surface area contributed by atoms with Crippen molar-refractivity contribution >= 4 is 17.5 Å². The second kappa shape index (κ2) is 8.22. The number of nitrogens with one attached hydrogen (secondary N) is 1. The van der Waals surface area contributed by atoms with Gasteiger partial charge in [-0.05, 0) is 31.2 Å². The summed E-state index contributed by atoms with van der Waals surface area (Å²) in [6, 6.07) is 5.83. The first-order valence-electron chi connectivity index (χ1n) is 9.21. The molecule has 2 unspecified atom stereocenters. The summed E-state index contributed by atoms with van der Waals surface area (Å²) in [7, 11) is 0. The van der Waals surface area contributed by atoms with E-state index >= 15 is 0 Å². The smallest absolute Gasteiger partial charge is 0.248 e. The number of halogens is 1. The number of ether oxygens (including phenoxy) is 1. The number of carbonyl (C=O) groups is 2. The Labute approximate surface area is 158 Å². The molecule has 2 fully saturated rings. The van der Waals surface area contributed by atoms with Crippen LogP contribution in [-0.4, -0.2) is 79.3 Å². The standard InChI is InChI=1S/C19H26FN3O4/c1-2-27-10-18(26)23-9-14-8-22(11-19(14,12-23)13-24)17(25)7-21-16-5-3-15(20)4-6-16/h3-6,14,21,24H,2,7-13H2,1H3. The molecule has 2 amide bonds. The summed E-state index contributed by atoms with van der Waals surface area (Å²) in [4.78, 5) is 28.2. The summed E-state index contributed by atoms with van der Waals surface area (Å²) in [5, 5.41) is 13.0. The maximum absolute atomic E-state index is 12.9. The minimum Gasteiger partial charge on any atom is -0.396 e. The minimum atomic E-state index is -0.465. The highest BCUT2D eigenvalue weighted by molar-refractivity contribution is 5.81. The number of amides is 2. The molecule has 2 heterocycles. The van der Waals surface area contributed by atoms with E-state index in [1.54, 1.807) is 21.9 Å². The third-order valence-corrected chi connectivity index (χ3v) is 5.50. The molecule has 0 radical (unpaired) electrons. The molecule has 2 atom stereocenters. The zero-order chi connectivity index (χ0) is 19.4. The van der Waals surface area contributed by atoms with Crippen LogP contribution in [0.5, 0.6) is 0 Å². The van der Waals surface area contributed by atoms with E-state index in [0.717, 1.165) is 0 Å². The Morgan fingerprint density at radius 2 is 1.85 bits per heavy atom. The van der Waals surface area contributed by atoms with Crippen LogP contribution in [0.3, 0.4) is 0 Å². The third-order valence-electron chi connectivity index (χ3n) is 5.50. The van der Waals surface area contributed by atoms with Crippen LogP contribution < -0.4 is 5.32 Å². The van der Waals surface area contributed by atoms with Crippen molar-refractivity contribution in [2.75, 3.05) is 57.9 Å². The van der Waals surface area contributed by atoms with Gasteiger partial charge < -0.3 is 25.0 Å². The Morgan fingerprint density at radius 3 is 2.41 bits per heavy atom. The number of likely N-dealkylation sites (tertiary alicyclic amines) is 2. The lowest BCUT2D eigenvalue weighted by molar-refractivity contribution is -0.135. The number of nitrogens with zero attached hydrogens (tertiary/aromatic N) is 2. The second-order valence-electron chi connectivity index (χ2n) is 7.26. The number of anilines is 1. The van der Waals surface area contributed by atoms with E-state index in [4.69, 9.17) is 4.74 Å². The average Bonchev–Trinajstić information content (AvgIpc) is 3.20. The maximum atomic E-state index is 12.9. The van der Waals surface area contributed by atoms with E-state index in [1.807, 2.05) is 6.92 Å². The van der Waals surface area contributed by atoms with Gasteiger partial charge >= 0.3 is 0 Å². The molecule has 0 bridgehead atoms. The fourth-order valence-corrected chi connectivity index (χ4v) is 3.92. The zero-order valence-electron chi connectivity index (χ0n) is 15.5. The second-order valence-corrected chi connectivity index (χ2v) is 7.26. The van der Waals surface area contributed by atoms with E-state index in [1.165, 1.54) is 12.1 Å². The third kappa shape index (κ3) is 4.22. The van der Waals surface area contributed by atoms with Crippen LogP contribution in [0.15, 0.2) is 24.3 Å². The number of aliphatic hydroxyl groups is 1. The Kier molecular flexibility index (Phi) is 5.96. The molecule has 148 valence electrons. The van der Waals surface area contributed by atoms with Crippen LogP contribution in [0, 0.1) is 17.2 Å². The van der Waals surface area contributed by atoms with Gasteiger partial charge in [0.2, 0.25) is 11.8 Å². The quantitative estimate of drug-likeness (QED) is 0.723. The molecule has 7 nitrogen and oxygen atoms in total. The van der Waals surface area contributed by atoms with E-state index in [9.17, 15) is 19.1 Å². The van der Waals surface area contributed by atoms with Crippen molar-refractivity contribution in [3.05, 3.63) is 30.1 Å². The number of hydrogen-bond donors (Lipinski definition) is 2. The predicted octanol–water partition coefficient (Wildman–Crippen LogP) is 0.553. The molecule has 27 heavy (non-hydrogen) atoms. The molecule has 2 aliphatic heterocycles. The van der Waals surface area contributed by atoms with Gasteiger partial charge in [0, 0.05) is 49.8 Å². The first-order chi connectivity index (χ1) is 13.0. The lowest BCUT2D eigenvalue weighted by Gasteiger charge is -2.27. The van der Waals surface area contributed by atoms with Crippen molar-refractivity contribution in [3.8, 4) is 0 Å². The monoisotopic (exact) mass is 379 g/mol. The Morgan fingerprint density at radius 1 is 1.22 bits per heavy atom. The van der Waals surface area contributed by atoms with Gasteiger partial charge in [0.15, 0.2) is 0 Å². The Bertz CT molecular complexity index is 684. The van der Waals surface area contributed by atoms with Crippen molar-refractivity contribution in [3.63, 3.8) is 0 Å². The first-order valence-corrected chi connectivity index (χ1v) is 9.21. The van der Waals surface area contributed by atoms with E-state index in [2.05, 4.69) is 5.32 Å². The molecule has 2 aliphatic rings. The number of benzene rings is 1. The Hall–Kier alpha value is -2.19. The summed E-state index contributed by atoms with van der Waals surface area (Å²) < 4.78 is 18.1. The molecule has 3 rings (SSSR count). The van der Waals surface area contributed by atoms with Crippen molar-refractivity contribution in [1.82, 2.24) is 9.80 Å².